The standard InChI is InChI=1S/C19H18BrN5O/c20-16-17(15-5-3-13(10-21)4-6-15)24-19(25-9-8-23-18(16)25)26-12-14-2-1-7-22-11-14/h3-6,8-9,14,22H,1-2,7,11-12H2/t14-/m1/s1. The molecule has 26 heavy (non-hydrogen) atoms. The van der Waals surface area contributed by atoms with Gasteiger partial charge in [0.05, 0.1) is 28.4 Å². The van der Waals surface area contributed by atoms with Crippen LogP contribution < -0.4 is 10.1 Å². The second-order valence-electron chi connectivity index (χ2n) is 6.39. The molecule has 1 atom stereocenters. The zero-order valence-electron chi connectivity index (χ0n) is 14.2. The molecule has 1 aliphatic rings. The van der Waals surface area contributed by atoms with Gasteiger partial charge < -0.3 is 10.1 Å². The largest absolute Gasteiger partial charge is 0.464 e. The second kappa shape index (κ2) is 7.44. The maximum Gasteiger partial charge on any atom is 0.302 e. The first-order chi connectivity index (χ1) is 12.8. The molecule has 0 unspecified atom stereocenters. The van der Waals surface area contributed by atoms with Gasteiger partial charge in [0.25, 0.3) is 0 Å². The van der Waals surface area contributed by atoms with E-state index in [1.54, 1.807) is 18.3 Å². The van der Waals surface area contributed by atoms with E-state index in [1.807, 2.05) is 22.7 Å². The van der Waals surface area contributed by atoms with Gasteiger partial charge >= 0.3 is 6.01 Å². The van der Waals surface area contributed by atoms with Gasteiger partial charge in [-0.15, -0.1) is 0 Å². The number of piperidine rings is 1. The Bertz CT molecular complexity index is 954. The molecular weight excluding hydrogens is 394 g/mol. The summed E-state index contributed by atoms with van der Waals surface area (Å²) in [5.74, 6) is 0.492. The molecule has 1 saturated heterocycles. The smallest absolute Gasteiger partial charge is 0.302 e. The van der Waals surface area contributed by atoms with Crippen LogP contribution >= 0.6 is 15.9 Å². The number of fused-ring (bicyclic) bond motifs is 1. The van der Waals surface area contributed by atoms with Crippen molar-refractivity contribution in [2.45, 2.75) is 12.8 Å². The molecule has 0 saturated carbocycles. The molecule has 0 bridgehead atoms. The van der Waals surface area contributed by atoms with Crippen molar-refractivity contribution in [3.05, 3.63) is 46.7 Å². The highest BCUT2D eigenvalue weighted by Crippen LogP contribution is 2.32. The molecule has 1 fully saturated rings. The average molecular weight is 412 g/mol. The molecule has 1 aromatic carbocycles. The van der Waals surface area contributed by atoms with Gasteiger partial charge in [-0.2, -0.15) is 10.2 Å². The summed E-state index contributed by atoms with van der Waals surface area (Å²) in [5.41, 5.74) is 3.04. The third kappa shape index (κ3) is 3.30. The summed E-state index contributed by atoms with van der Waals surface area (Å²) >= 11 is 3.62. The summed E-state index contributed by atoms with van der Waals surface area (Å²) in [4.78, 5) is 9.16. The van der Waals surface area contributed by atoms with Crippen molar-refractivity contribution in [1.82, 2.24) is 19.7 Å². The number of hydrogen-bond donors (Lipinski definition) is 1. The average Bonchev–Trinajstić information content (AvgIpc) is 3.19. The molecule has 1 N–H and O–H groups in total. The van der Waals surface area contributed by atoms with Crippen LogP contribution in [0.25, 0.3) is 16.9 Å². The molecule has 0 spiro atoms. The normalized spacial score (nSPS) is 17.2. The quantitative estimate of drug-likeness (QED) is 0.711. The summed E-state index contributed by atoms with van der Waals surface area (Å²) in [6, 6.07) is 10.0. The number of hydrogen-bond acceptors (Lipinski definition) is 5. The van der Waals surface area contributed by atoms with Gasteiger partial charge in [-0.25, -0.2) is 4.98 Å². The lowest BCUT2D eigenvalue weighted by molar-refractivity contribution is 0.203. The van der Waals surface area contributed by atoms with Gasteiger partial charge in [0.2, 0.25) is 0 Å². The molecule has 132 valence electrons. The summed E-state index contributed by atoms with van der Waals surface area (Å²) in [7, 11) is 0. The van der Waals surface area contributed by atoms with Gasteiger partial charge in [0, 0.05) is 30.4 Å². The predicted molar refractivity (Wildman–Crippen MR) is 102 cm³/mol. The van der Waals surface area contributed by atoms with Crippen molar-refractivity contribution in [1.29, 1.82) is 5.26 Å². The third-order valence-corrected chi connectivity index (χ3v) is 5.32. The predicted octanol–water partition coefficient (Wildman–Crippen LogP) is 3.41. The number of ether oxygens (including phenoxy) is 1. The fourth-order valence-corrected chi connectivity index (χ4v) is 3.79. The van der Waals surface area contributed by atoms with Crippen molar-refractivity contribution in [3.8, 4) is 23.3 Å². The number of aromatic nitrogens is 3. The van der Waals surface area contributed by atoms with E-state index in [2.05, 4.69) is 32.3 Å². The lowest BCUT2D eigenvalue weighted by atomic mass is 10.0. The van der Waals surface area contributed by atoms with Gasteiger partial charge in [-0.1, -0.05) is 12.1 Å². The summed E-state index contributed by atoms with van der Waals surface area (Å²) in [6.07, 6.45) is 5.93. The fraction of sp³-hybridized carbons (Fsp3) is 0.316. The summed E-state index contributed by atoms with van der Waals surface area (Å²) in [5, 5.41) is 12.4. The molecule has 0 amide bonds. The molecule has 4 rings (SSSR count). The number of benzene rings is 1. The highest BCUT2D eigenvalue weighted by Gasteiger charge is 2.18. The first-order valence-electron chi connectivity index (χ1n) is 8.63. The fourth-order valence-electron chi connectivity index (χ4n) is 3.18. The molecular formula is C19H18BrN5O. The van der Waals surface area contributed by atoms with E-state index >= 15 is 0 Å². The van der Waals surface area contributed by atoms with E-state index < -0.39 is 0 Å². The van der Waals surface area contributed by atoms with Crippen LogP contribution in [-0.2, 0) is 0 Å². The van der Waals surface area contributed by atoms with E-state index in [0.29, 0.717) is 24.1 Å². The van der Waals surface area contributed by atoms with E-state index in [-0.39, 0.29) is 0 Å². The minimum Gasteiger partial charge on any atom is -0.464 e. The van der Waals surface area contributed by atoms with Crippen LogP contribution in [0.4, 0.5) is 0 Å². The van der Waals surface area contributed by atoms with Crippen molar-refractivity contribution in [2.24, 2.45) is 5.92 Å². The minimum atomic E-state index is 0.492. The Morgan fingerprint density at radius 2 is 2.19 bits per heavy atom. The first kappa shape index (κ1) is 17.0. The molecule has 7 heteroatoms. The minimum absolute atomic E-state index is 0.492. The van der Waals surface area contributed by atoms with Crippen LogP contribution in [0.2, 0.25) is 0 Å². The van der Waals surface area contributed by atoms with Crippen molar-refractivity contribution < 1.29 is 4.74 Å². The lowest BCUT2D eigenvalue weighted by Gasteiger charge is -2.22. The number of imidazole rings is 1. The Balaban J connectivity index is 1.69. The molecule has 3 aromatic rings. The Hall–Kier alpha value is -2.43. The van der Waals surface area contributed by atoms with Crippen LogP contribution in [0, 0.1) is 17.2 Å². The molecule has 6 nitrogen and oxygen atoms in total. The number of nitrogens with zero attached hydrogens (tertiary/aromatic N) is 4. The SMILES string of the molecule is N#Cc1ccc(-c2nc(OC[C@@H]3CCCNC3)n3ccnc3c2Br)cc1. The van der Waals surface area contributed by atoms with Gasteiger partial charge in [0.1, 0.15) is 0 Å². The van der Waals surface area contributed by atoms with Gasteiger partial charge in [0.15, 0.2) is 5.65 Å². The number of rotatable bonds is 4. The highest BCUT2D eigenvalue weighted by atomic mass is 79.9. The van der Waals surface area contributed by atoms with Gasteiger partial charge in [-0.05, 0) is 47.4 Å². The van der Waals surface area contributed by atoms with E-state index in [9.17, 15) is 0 Å². The number of halogens is 1. The Kier molecular flexibility index (Phi) is 4.87. The maximum atomic E-state index is 8.99. The van der Waals surface area contributed by atoms with E-state index in [0.717, 1.165) is 34.5 Å². The summed E-state index contributed by atoms with van der Waals surface area (Å²) < 4.78 is 8.74. The molecule has 0 aliphatic carbocycles. The Morgan fingerprint density at radius 3 is 2.92 bits per heavy atom. The van der Waals surface area contributed by atoms with Crippen molar-refractivity contribution >= 4 is 21.6 Å². The summed E-state index contributed by atoms with van der Waals surface area (Å²) in [6.45, 7) is 2.69. The number of nitriles is 1. The molecule has 0 radical (unpaired) electrons. The first-order valence-corrected chi connectivity index (χ1v) is 9.42. The van der Waals surface area contributed by atoms with Crippen LogP contribution in [0.15, 0.2) is 41.1 Å². The van der Waals surface area contributed by atoms with Crippen LogP contribution in [0.5, 0.6) is 6.01 Å². The van der Waals surface area contributed by atoms with Crippen molar-refractivity contribution in [3.63, 3.8) is 0 Å². The Morgan fingerprint density at radius 1 is 1.35 bits per heavy atom. The second-order valence-corrected chi connectivity index (χ2v) is 7.18. The highest BCUT2D eigenvalue weighted by molar-refractivity contribution is 9.10. The van der Waals surface area contributed by atoms with E-state index in [1.165, 1.54) is 12.8 Å². The molecule has 2 aromatic heterocycles. The zero-order valence-corrected chi connectivity index (χ0v) is 15.7. The van der Waals surface area contributed by atoms with Crippen LogP contribution in [0.1, 0.15) is 18.4 Å². The van der Waals surface area contributed by atoms with E-state index in [4.69, 9.17) is 15.0 Å². The van der Waals surface area contributed by atoms with Crippen LogP contribution in [-0.4, -0.2) is 34.1 Å². The monoisotopic (exact) mass is 411 g/mol. The zero-order chi connectivity index (χ0) is 17.9. The number of nitrogens with one attached hydrogen (secondary N) is 1. The van der Waals surface area contributed by atoms with Crippen LogP contribution in [0.3, 0.4) is 0 Å². The molecule has 1 aliphatic heterocycles. The lowest BCUT2D eigenvalue weighted by Crippen LogP contribution is -2.33. The topological polar surface area (TPSA) is 75.2 Å². The Labute approximate surface area is 160 Å². The third-order valence-electron chi connectivity index (χ3n) is 4.59. The maximum absolute atomic E-state index is 8.99. The molecule has 3 heterocycles. The van der Waals surface area contributed by atoms with Gasteiger partial charge in [-0.3, -0.25) is 4.40 Å². The van der Waals surface area contributed by atoms with Crippen molar-refractivity contribution in [2.75, 3.05) is 19.7 Å².